The molecule has 0 amide bonds. The summed E-state index contributed by atoms with van der Waals surface area (Å²) in [6.07, 6.45) is 2.40. The van der Waals surface area contributed by atoms with Gasteiger partial charge in [-0.25, -0.2) is 4.39 Å². The van der Waals surface area contributed by atoms with Crippen LogP contribution in [0.2, 0.25) is 0 Å². The van der Waals surface area contributed by atoms with Crippen molar-refractivity contribution in [1.29, 1.82) is 0 Å². The van der Waals surface area contributed by atoms with E-state index in [-0.39, 0.29) is 22.3 Å². The van der Waals surface area contributed by atoms with Crippen LogP contribution >= 0.6 is 0 Å². The van der Waals surface area contributed by atoms with Gasteiger partial charge in [-0.3, -0.25) is 4.98 Å². The fraction of sp³-hybridized carbons (Fsp3) is 0.167. The Morgan fingerprint density at radius 1 is 1.00 bits per heavy atom. The fourth-order valence-electron chi connectivity index (χ4n) is 2.53. The predicted octanol–water partition coefficient (Wildman–Crippen LogP) is 4.72. The maximum absolute atomic E-state index is 13.1. The largest absolute Gasteiger partial charge is 0.279 e. The minimum Gasteiger partial charge on any atom is -0.279 e. The molecule has 21 heavy (non-hydrogen) atoms. The summed E-state index contributed by atoms with van der Waals surface area (Å²) in [6.45, 7) is 0. The molecule has 0 saturated heterocycles. The van der Waals surface area contributed by atoms with Gasteiger partial charge < -0.3 is 0 Å². The van der Waals surface area contributed by atoms with E-state index in [1.807, 2.05) is 36.4 Å². The van der Waals surface area contributed by atoms with E-state index < -0.39 is 0 Å². The number of fused-ring (bicyclic) bond motifs is 1. The fourth-order valence-corrected chi connectivity index (χ4v) is 2.53. The van der Waals surface area contributed by atoms with Crippen LogP contribution in [0, 0.1) is 11.9 Å². The van der Waals surface area contributed by atoms with Gasteiger partial charge in [0.1, 0.15) is 5.82 Å². The summed E-state index contributed by atoms with van der Waals surface area (Å²) in [5.74, 6) is 0.341. The van der Waals surface area contributed by atoms with E-state index in [0.717, 1.165) is 27.7 Å². The van der Waals surface area contributed by atoms with E-state index in [4.69, 9.17) is 4.98 Å². The zero-order valence-corrected chi connectivity index (χ0v) is 12.2. The number of para-hydroxylation sites is 1. The van der Waals surface area contributed by atoms with E-state index in [0.29, 0.717) is 5.92 Å². The number of halogens is 1. The number of aromatic nitrogens is 1. The number of rotatable bonds is 2. The third-order valence-electron chi connectivity index (χ3n) is 3.76. The molecular weight excluding hydrogens is 308 g/mol. The summed E-state index contributed by atoms with van der Waals surface area (Å²) < 4.78 is 13.1. The average molecular weight is 321 g/mol. The van der Waals surface area contributed by atoms with Gasteiger partial charge in [-0.2, -0.15) is 11.6 Å². The van der Waals surface area contributed by atoms with Crippen molar-refractivity contribution in [2.24, 2.45) is 0 Å². The number of pyridine rings is 1. The van der Waals surface area contributed by atoms with Crippen LogP contribution in [0.15, 0.2) is 48.5 Å². The van der Waals surface area contributed by atoms with E-state index in [9.17, 15) is 4.39 Å². The number of nitrogens with zero attached hydrogens (tertiary/aromatic N) is 1. The van der Waals surface area contributed by atoms with Crippen LogP contribution in [0.3, 0.4) is 0 Å². The van der Waals surface area contributed by atoms with E-state index in [1.165, 1.54) is 25.0 Å². The molecular formula is C18H13FNNi-. The second-order valence-electron chi connectivity index (χ2n) is 5.30. The van der Waals surface area contributed by atoms with Crippen molar-refractivity contribution in [3.05, 3.63) is 66.1 Å². The average Bonchev–Trinajstić information content (AvgIpc) is 3.32. The maximum Gasteiger partial charge on any atom is 0.121 e. The first-order valence-electron chi connectivity index (χ1n) is 6.89. The molecule has 4 rings (SSSR count). The van der Waals surface area contributed by atoms with Crippen molar-refractivity contribution in [2.45, 2.75) is 18.8 Å². The zero-order valence-electron chi connectivity index (χ0n) is 11.3. The molecule has 2 aromatic carbocycles. The predicted molar refractivity (Wildman–Crippen MR) is 77.9 cm³/mol. The number of benzene rings is 2. The molecule has 1 fully saturated rings. The van der Waals surface area contributed by atoms with Crippen LogP contribution in [0.4, 0.5) is 4.39 Å². The number of hydrogen-bond acceptors (Lipinski definition) is 1. The summed E-state index contributed by atoms with van der Waals surface area (Å²) in [7, 11) is 0. The minimum atomic E-state index is -0.213. The van der Waals surface area contributed by atoms with Crippen molar-refractivity contribution in [2.75, 3.05) is 0 Å². The normalized spacial score (nSPS) is 14.0. The monoisotopic (exact) mass is 320 g/mol. The molecule has 0 bridgehead atoms. The number of hydrogen-bond donors (Lipinski definition) is 0. The molecule has 108 valence electrons. The molecule has 0 radical (unpaired) electrons. The van der Waals surface area contributed by atoms with Crippen LogP contribution in [0.25, 0.3) is 22.0 Å². The van der Waals surface area contributed by atoms with Gasteiger partial charge in [0.25, 0.3) is 0 Å². The quantitative estimate of drug-likeness (QED) is 0.492. The molecule has 1 aliphatic carbocycles. The Balaban J connectivity index is 0.00000132. The molecule has 0 spiro atoms. The van der Waals surface area contributed by atoms with Crippen molar-refractivity contribution in [1.82, 2.24) is 4.98 Å². The van der Waals surface area contributed by atoms with Gasteiger partial charge in [0.2, 0.25) is 0 Å². The van der Waals surface area contributed by atoms with E-state index >= 15 is 0 Å². The van der Waals surface area contributed by atoms with Crippen molar-refractivity contribution in [3.8, 4) is 11.1 Å². The second kappa shape index (κ2) is 5.57. The molecule has 3 aromatic rings. The van der Waals surface area contributed by atoms with Gasteiger partial charge in [-0.05, 0) is 42.7 Å². The summed E-state index contributed by atoms with van der Waals surface area (Å²) in [4.78, 5) is 4.71. The van der Waals surface area contributed by atoms with Crippen molar-refractivity contribution < 1.29 is 20.9 Å². The van der Waals surface area contributed by atoms with E-state index in [2.05, 4.69) is 6.07 Å². The van der Waals surface area contributed by atoms with Gasteiger partial charge in [0.05, 0.1) is 0 Å². The minimum absolute atomic E-state index is 0. The summed E-state index contributed by atoms with van der Waals surface area (Å²) in [5.41, 5.74) is 4.06. The molecule has 0 aliphatic heterocycles. The van der Waals surface area contributed by atoms with Gasteiger partial charge >= 0.3 is 0 Å². The van der Waals surface area contributed by atoms with Gasteiger partial charge in [-0.1, -0.05) is 12.1 Å². The Morgan fingerprint density at radius 2 is 1.71 bits per heavy atom. The van der Waals surface area contributed by atoms with Gasteiger partial charge in [0.15, 0.2) is 0 Å². The SMILES string of the molecule is Fc1ccc(-c2[c-]c(C3CC3)nc3ccccc23)cc1.[Ni]. The molecule has 0 unspecified atom stereocenters. The Kier molecular flexibility index (Phi) is 3.78. The van der Waals surface area contributed by atoms with Crippen molar-refractivity contribution in [3.63, 3.8) is 0 Å². The van der Waals surface area contributed by atoms with Crippen LogP contribution in [0.1, 0.15) is 24.5 Å². The summed E-state index contributed by atoms with van der Waals surface area (Å²) in [5, 5.41) is 1.07. The van der Waals surface area contributed by atoms with E-state index in [1.54, 1.807) is 0 Å². The van der Waals surface area contributed by atoms with Crippen LogP contribution in [0.5, 0.6) is 0 Å². The molecule has 0 N–H and O–H groups in total. The third-order valence-corrected chi connectivity index (χ3v) is 3.76. The molecule has 1 aliphatic rings. The van der Waals surface area contributed by atoms with Gasteiger partial charge in [-0.15, -0.1) is 29.1 Å². The topological polar surface area (TPSA) is 12.9 Å². The van der Waals surface area contributed by atoms with Crippen LogP contribution < -0.4 is 0 Å². The standard InChI is InChI=1S/C18H13FN.Ni/c19-14-9-7-12(8-10-14)16-11-18(13-5-6-13)20-17-4-2-1-3-15(16)17;/h1-4,7-10,13H,5-6H2;/q-1;. The Labute approximate surface area is 133 Å². The Bertz CT molecular complexity index is 779. The molecule has 1 heterocycles. The van der Waals surface area contributed by atoms with Crippen LogP contribution in [-0.2, 0) is 16.5 Å². The third kappa shape index (κ3) is 2.71. The first-order valence-corrected chi connectivity index (χ1v) is 6.89. The van der Waals surface area contributed by atoms with Crippen LogP contribution in [-0.4, -0.2) is 4.98 Å². The molecule has 1 aromatic heterocycles. The molecule has 1 saturated carbocycles. The second-order valence-corrected chi connectivity index (χ2v) is 5.30. The maximum atomic E-state index is 13.1. The Morgan fingerprint density at radius 3 is 2.43 bits per heavy atom. The van der Waals surface area contributed by atoms with Gasteiger partial charge in [0, 0.05) is 22.0 Å². The summed E-state index contributed by atoms with van der Waals surface area (Å²) in [6, 6.07) is 18.1. The molecule has 0 atom stereocenters. The Hall–Kier alpha value is -1.73. The first-order chi connectivity index (χ1) is 9.81. The molecule has 1 nitrogen and oxygen atoms in total. The van der Waals surface area contributed by atoms with Crippen molar-refractivity contribution >= 4 is 10.9 Å². The zero-order chi connectivity index (χ0) is 13.5. The smallest absolute Gasteiger partial charge is 0.121 e. The molecule has 3 heteroatoms. The summed E-state index contributed by atoms with van der Waals surface area (Å²) >= 11 is 0. The first kappa shape index (κ1) is 14.2.